The Kier molecular flexibility index (Phi) is 7.48. The van der Waals surface area contributed by atoms with E-state index < -0.39 is 36.2 Å². The van der Waals surface area contributed by atoms with Gasteiger partial charge in [-0.1, -0.05) is 48.5 Å². The van der Waals surface area contributed by atoms with Gasteiger partial charge in [0.2, 0.25) is 5.91 Å². The normalized spacial score (nSPS) is 15.1. The number of carbonyl (C=O) groups excluding carboxylic acids is 2. The first kappa shape index (κ1) is 23.3. The summed E-state index contributed by atoms with van der Waals surface area (Å²) in [6, 6.07) is 14.2. The fraction of sp³-hybridized carbons (Fsp3) is 0.375. The minimum absolute atomic E-state index is 0.0806. The van der Waals surface area contributed by atoms with Gasteiger partial charge in [-0.2, -0.15) is 0 Å². The Hall–Kier alpha value is -3.39. The molecular weight excluding hydrogens is 412 g/mol. The monoisotopic (exact) mass is 440 g/mol. The Morgan fingerprint density at radius 1 is 0.969 bits per heavy atom. The van der Waals surface area contributed by atoms with Crippen molar-refractivity contribution in [3.8, 4) is 11.1 Å². The molecule has 1 aliphatic rings. The van der Waals surface area contributed by atoms with Crippen LogP contribution in [0.3, 0.4) is 0 Å². The number of fused-ring (bicyclic) bond motifs is 3. The minimum Gasteiger partial charge on any atom is -0.481 e. The molecule has 2 aromatic rings. The van der Waals surface area contributed by atoms with E-state index in [2.05, 4.69) is 10.6 Å². The van der Waals surface area contributed by atoms with Gasteiger partial charge >= 0.3 is 12.1 Å². The van der Waals surface area contributed by atoms with Crippen LogP contribution in [0.1, 0.15) is 43.7 Å². The molecule has 4 N–H and O–H groups in total. The molecule has 0 bridgehead atoms. The predicted molar refractivity (Wildman–Crippen MR) is 118 cm³/mol. The van der Waals surface area contributed by atoms with Crippen molar-refractivity contribution >= 4 is 18.0 Å². The molecular formula is C24H28N2O6. The number of benzene rings is 2. The number of carbonyl (C=O) groups is 3. The molecule has 0 aromatic heterocycles. The molecule has 32 heavy (non-hydrogen) atoms. The maximum Gasteiger partial charge on any atom is 0.407 e. The van der Waals surface area contributed by atoms with Crippen molar-refractivity contribution < 1.29 is 29.3 Å². The summed E-state index contributed by atoms with van der Waals surface area (Å²) >= 11 is 0. The molecule has 3 unspecified atom stereocenters. The van der Waals surface area contributed by atoms with Gasteiger partial charge in [0.05, 0.1) is 12.1 Å². The molecule has 0 fully saturated rings. The van der Waals surface area contributed by atoms with Crippen LogP contribution in [-0.4, -0.2) is 53.0 Å². The standard InChI is InChI=1S/C24H28N2O6/c1-14(15(2)27)25-23(30)21(11-12-22(28)29)26-24(31)32-13-20-18-9-5-3-7-16(18)17-8-4-6-10-19(17)20/h3-10,14-15,20-21,27H,11-13H2,1-2H3,(H,25,30)(H,26,31)(H,28,29). The number of carboxylic acids is 1. The second-order valence-electron chi connectivity index (χ2n) is 7.99. The zero-order valence-electron chi connectivity index (χ0n) is 18.1. The van der Waals surface area contributed by atoms with Gasteiger partial charge in [-0.15, -0.1) is 0 Å². The molecule has 0 saturated heterocycles. The summed E-state index contributed by atoms with van der Waals surface area (Å²) in [6.07, 6.45) is -2.00. The molecule has 170 valence electrons. The molecule has 3 rings (SSSR count). The van der Waals surface area contributed by atoms with Crippen LogP contribution in [0.15, 0.2) is 48.5 Å². The fourth-order valence-corrected chi connectivity index (χ4v) is 3.76. The van der Waals surface area contributed by atoms with Gasteiger partial charge in [0.15, 0.2) is 0 Å². The highest BCUT2D eigenvalue weighted by molar-refractivity contribution is 5.86. The van der Waals surface area contributed by atoms with Gasteiger partial charge in [0.25, 0.3) is 0 Å². The third kappa shape index (κ3) is 5.45. The zero-order valence-corrected chi connectivity index (χ0v) is 18.1. The molecule has 2 aromatic carbocycles. The van der Waals surface area contributed by atoms with E-state index in [0.29, 0.717) is 0 Å². The summed E-state index contributed by atoms with van der Waals surface area (Å²) in [5, 5.41) is 23.6. The van der Waals surface area contributed by atoms with Crippen molar-refractivity contribution in [1.82, 2.24) is 10.6 Å². The summed E-state index contributed by atoms with van der Waals surface area (Å²) in [5.41, 5.74) is 4.32. The lowest BCUT2D eigenvalue weighted by Crippen LogP contribution is -2.51. The topological polar surface area (TPSA) is 125 Å². The summed E-state index contributed by atoms with van der Waals surface area (Å²) in [7, 11) is 0. The predicted octanol–water partition coefficient (Wildman–Crippen LogP) is 2.64. The lowest BCUT2D eigenvalue weighted by atomic mass is 9.98. The van der Waals surface area contributed by atoms with Crippen LogP contribution in [0.5, 0.6) is 0 Å². The van der Waals surface area contributed by atoms with Crippen LogP contribution in [0.4, 0.5) is 4.79 Å². The quantitative estimate of drug-likeness (QED) is 0.475. The van der Waals surface area contributed by atoms with Gasteiger partial charge < -0.3 is 25.6 Å². The second kappa shape index (κ2) is 10.3. The summed E-state index contributed by atoms with van der Waals surface area (Å²) in [6.45, 7) is 3.22. The van der Waals surface area contributed by atoms with Crippen LogP contribution < -0.4 is 10.6 Å². The van der Waals surface area contributed by atoms with Crippen LogP contribution in [0.25, 0.3) is 11.1 Å². The van der Waals surface area contributed by atoms with E-state index in [1.165, 1.54) is 6.92 Å². The highest BCUT2D eigenvalue weighted by Crippen LogP contribution is 2.44. The van der Waals surface area contributed by atoms with Crippen molar-refractivity contribution in [3.05, 3.63) is 59.7 Å². The van der Waals surface area contributed by atoms with Crippen molar-refractivity contribution in [3.63, 3.8) is 0 Å². The highest BCUT2D eigenvalue weighted by Gasteiger charge is 2.30. The molecule has 8 heteroatoms. The Bertz CT molecular complexity index is 944. The van der Waals surface area contributed by atoms with Gasteiger partial charge in [-0.25, -0.2) is 4.79 Å². The fourth-order valence-electron chi connectivity index (χ4n) is 3.76. The van der Waals surface area contributed by atoms with Crippen LogP contribution in [0.2, 0.25) is 0 Å². The van der Waals surface area contributed by atoms with Crippen molar-refractivity contribution in [2.45, 2.75) is 50.8 Å². The van der Waals surface area contributed by atoms with E-state index in [9.17, 15) is 19.5 Å². The number of rotatable bonds is 9. The summed E-state index contributed by atoms with van der Waals surface area (Å²) in [4.78, 5) is 36.0. The average molecular weight is 440 g/mol. The van der Waals surface area contributed by atoms with E-state index in [1.807, 2.05) is 48.5 Å². The van der Waals surface area contributed by atoms with Crippen molar-refractivity contribution in [2.75, 3.05) is 6.61 Å². The van der Waals surface area contributed by atoms with Gasteiger partial charge in [0, 0.05) is 12.3 Å². The first-order chi connectivity index (χ1) is 15.3. The minimum atomic E-state index is -1.09. The summed E-state index contributed by atoms with van der Waals surface area (Å²) < 4.78 is 5.45. The molecule has 0 radical (unpaired) electrons. The Labute approximate surface area is 186 Å². The number of hydrogen-bond donors (Lipinski definition) is 4. The van der Waals surface area contributed by atoms with Gasteiger partial charge in [-0.05, 0) is 42.5 Å². The lowest BCUT2D eigenvalue weighted by Gasteiger charge is -2.22. The smallest absolute Gasteiger partial charge is 0.407 e. The molecule has 1 aliphatic carbocycles. The van der Waals surface area contributed by atoms with E-state index in [4.69, 9.17) is 9.84 Å². The third-order valence-corrected chi connectivity index (χ3v) is 5.69. The largest absolute Gasteiger partial charge is 0.481 e. The van der Waals surface area contributed by atoms with Crippen LogP contribution >= 0.6 is 0 Å². The maximum absolute atomic E-state index is 12.5. The number of aliphatic hydroxyl groups excluding tert-OH is 1. The van der Waals surface area contributed by atoms with E-state index in [1.54, 1.807) is 6.92 Å². The van der Waals surface area contributed by atoms with E-state index in [-0.39, 0.29) is 25.4 Å². The SMILES string of the molecule is CC(O)C(C)NC(=O)C(CCC(=O)O)NC(=O)OCC1c2ccccc2-c2ccccc21. The number of aliphatic hydroxyl groups is 1. The number of aliphatic carboxylic acids is 1. The second-order valence-corrected chi connectivity index (χ2v) is 7.99. The van der Waals surface area contributed by atoms with Crippen LogP contribution in [0, 0.1) is 0 Å². The number of alkyl carbamates (subject to hydrolysis) is 1. The summed E-state index contributed by atoms with van der Waals surface area (Å²) in [5.74, 6) is -1.79. The number of amides is 2. The van der Waals surface area contributed by atoms with E-state index in [0.717, 1.165) is 22.3 Å². The first-order valence-corrected chi connectivity index (χ1v) is 10.6. The Morgan fingerprint density at radius 3 is 2.06 bits per heavy atom. The highest BCUT2D eigenvalue weighted by atomic mass is 16.5. The third-order valence-electron chi connectivity index (χ3n) is 5.69. The number of hydrogen-bond acceptors (Lipinski definition) is 5. The number of nitrogens with one attached hydrogen (secondary N) is 2. The maximum atomic E-state index is 12.5. The van der Waals surface area contributed by atoms with Gasteiger partial charge in [-0.3, -0.25) is 9.59 Å². The molecule has 0 spiro atoms. The average Bonchev–Trinajstić information content (AvgIpc) is 3.08. The van der Waals surface area contributed by atoms with E-state index >= 15 is 0 Å². The van der Waals surface area contributed by atoms with Crippen LogP contribution in [-0.2, 0) is 14.3 Å². The zero-order chi connectivity index (χ0) is 23.3. The molecule has 0 heterocycles. The number of carboxylic acid groups (broad SMARTS) is 1. The Balaban J connectivity index is 1.66. The van der Waals surface area contributed by atoms with Gasteiger partial charge in [0.1, 0.15) is 12.6 Å². The van der Waals surface area contributed by atoms with Crippen molar-refractivity contribution in [1.29, 1.82) is 0 Å². The molecule has 0 saturated carbocycles. The number of ether oxygens (including phenoxy) is 1. The molecule has 2 amide bonds. The molecule has 3 atom stereocenters. The molecule has 0 aliphatic heterocycles. The lowest BCUT2D eigenvalue weighted by molar-refractivity contribution is -0.137. The Morgan fingerprint density at radius 2 is 1.53 bits per heavy atom. The molecule has 8 nitrogen and oxygen atoms in total. The first-order valence-electron chi connectivity index (χ1n) is 10.6. The van der Waals surface area contributed by atoms with Crippen molar-refractivity contribution in [2.24, 2.45) is 0 Å².